The van der Waals surface area contributed by atoms with Gasteiger partial charge in [0.05, 0.1) is 22.7 Å². The molecular weight excluding hydrogens is 550 g/mol. The number of anilines is 2. The molecule has 0 unspecified atom stereocenters. The Balaban J connectivity index is 0.00000237. The van der Waals surface area contributed by atoms with Crippen molar-refractivity contribution in [3.8, 4) is 16.9 Å². The van der Waals surface area contributed by atoms with Gasteiger partial charge < -0.3 is 10.2 Å². The van der Waals surface area contributed by atoms with E-state index in [1.165, 1.54) is 17.7 Å². The van der Waals surface area contributed by atoms with Gasteiger partial charge in [0.25, 0.3) is 0 Å². The van der Waals surface area contributed by atoms with E-state index in [1.54, 1.807) is 47.4 Å². The second kappa shape index (κ2) is 14.8. The number of hydrogen-bond donors (Lipinski definition) is 3. The highest BCUT2D eigenvalue weighted by molar-refractivity contribution is 6.31. The number of carboxylic acids is 1. The fourth-order valence-electron chi connectivity index (χ4n) is 4.38. The van der Waals surface area contributed by atoms with Crippen molar-refractivity contribution < 1.29 is 19.8 Å². The molecule has 3 N–H and O–H groups in total. The molecule has 0 bridgehead atoms. The second-order valence-electron chi connectivity index (χ2n) is 9.62. The SMILES string of the molecule is C/C(=N\Nc1cccc(-c2cccc(C(=O)O)c2)c1O)C1=C(N(C=O)c2ccc(C(C)C)cc2)C=C(Cl)C=CC1.CC. The number of allylic oxidation sites excluding steroid dienone is 5. The van der Waals surface area contributed by atoms with E-state index >= 15 is 0 Å². The van der Waals surface area contributed by atoms with Crippen LogP contribution < -0.4 is 10.3 Å². The molecule has 0 saturated carbocycles. The van der Waals surface area contributed by atoms with E-state index in [1.807, 2.05) is 51.1 Å². The molecule has 1 aliphatic rings. The molecule has 1 amide bonds. The first-order chi connectivity index (χ1) is 20.2. The number of nitrogens with one attached hydrogen (secondary N) is 1. The van der Waals surface area contributed by atoms with E-state index in [4.69, 9.17) is 11.6 Å². The Kier molecular flexibility index (Phi) is 11.3. The molecule has 0 aromatic heterocycles. The molecule has 8 heteroatoms. The Hall–Kier alpha value is -4.62. The number of benzene rings is 3. The highest BCUT2D eigenvalue weighted by atomic mass is 35.5. The van der Waals surface area contributed by atoms with Gasteiger partial charge in [-0.05, 0) is 72.9 Å². The lowest BCUT2D eigenvalue weighted by molar-refractivity contribution is -0.107. The number of rotatable bonds is 9. The van der Waals surface area contributed by atoms with Gasteiger partial charge in [0.2, 0.25) is 6.41 Å². The van der Waals surface area contributed by atoms with Gasteiger partial charge in [-0.25, -0.2) is 4.79 Å². The van der Waals surface area contributed by atoms with E-state index in [-0.39, 0.29) is 11.3 Å². The number of phenolic OH excluding ortho intramolecular Hbond substituents is 1. The van der Waals surface area contributed by atoms with Crippen molar-refractivity contribution in [1.29, 1.82) is 0 Å². The average Bonchev–Trinajstić information content (AvgIpc) is 3.19. The van der Waals surface area contributed by atoms with E-state index in [0.717, 1.165) is 12.0 Å². The van der Waals surface area contributed by atoms with E-state index < -0.39 is 5.97 Å². The summed E-state index contributed by atoms with van der Waals surface area (Å²) >= 11 is 6.41. The molecule has 0 saturated heterocycles. The Morgan fingerprint density at radius 1 is 1.07 bits per heavy atom. The van der Waals surface area contributed by atoms with Crippen molar-refractivity contribution in [2.75, 3.05) is 10.3 Å². The van der Waals surface area contributed by atoms with Crippen LogP contribution in [0.4, 0.5) is 11.4 Å². The van der Waals surface area contributed by atoms with Crippen LogP contribution in [0, 0.1) is 0 Å². The normalized spacial score (nSPS) is 13.1. The number of carboxylic acid groups (broad SMARTS) is 1. The lowest BCUT2D eigenvalue weighted by Gasteiger charge is -2.23. The van der Waals surface area contributed by atoms with Crippen LogP contribution in [0.5, 0.6) is 5.75 Å². The smallest absolute Gasteiger partial charge is 0.335 e. The minimum absolute atomic E-state index is 0.0701. The summed E-state index contributed by atoms with van der Waals surface area (Å²) < 4.78 is 0. The molecule has 0 aliphatic heterocycles. The van der Waals surface area contributed by atoms with Gasteiger partial charge >= 0.3 is 5.97 Å². The summed E-state index contributed by atoms with van der Waals surface area (Å²) in [6.45, 7) is 10.0. The molecule has 3 aromatic carbocycles. The second-order valence-corrected chi connectivity index (χ2v) is 10.1. The van der Waals surface area contributed by atoms with Gasteiger partial charge in [-0.1, -0.05) is 81.8 Å². The Morgan fingerprint density at radius 3 is 2.40 bits per heavy atom. The molecule has 3 aromatic rings. The van der Waals surface area contributed by atoms with Crippen LogP contribution in [-0.2, 0) is 4.79 Å². The minimum atomic E-state index is -1.05. The summed E-state index contributed by atoms with van der Waals surface area (Å²) in [5.74, 6) is -0.757. The monoisotopic (exact) mass is 585 g/mol. The number of aromatic hydroxyl groups is 1. The number of amides is 1. The number of hydrazone groups is 1. The summed E-state index contributed by atoms with van der Waals surface area (Å²) in [5, 5.41) is 25.3. The fraction of sp³-hybridized carbons (Fsp3) is 0.206. The lowest BCUT2D eigenvalue weighted by atomic mass is 10.0. The van der Waals surface area contributed by atoms with Crippen LogP contribution in [0.2, 0.25) is 0 Å². The quantitative estimate of drug-likeness (QED) is 0.101. The van der Waals surface area contributed by atoms with Gasteiger partial charge in [0.15, 0.2) is 0 Å². The molecule has 7 nitrogen and oxygen atoms in total. The summed E-state index contributed by atoms with van der Waals surface area (Å²) in [4.78, 5) is 25.3. The minimum Gasteiger partial charge on any atom is -0.505 e. The Bertz CT molecular complexity index is 1550. The molecule has 218 valence electrons. The van der Waals surface area contributed by atoms with Gasteiger partial charge in [-0.3, -0.25) is 15.1 Å². The zero-order chi connectivity index (χ0) is 30.8. The van der Waals surface area contributed by atoms with Crippen LogP contribution in [0.15, 0.2) is 106 Å². The first kappa shape index (κ1) is 31.9. The van der Waals surface area contributed by atoms with Gasteiger partial charge in [-0.2, -0.15) is 5.10 Å². The van der Waals surface area contributed by atoms with Crippen molar-refractivity contribution in [3.63, 3.8) is 0 Å². The predicted molar refractivity (Wildman–Crippen MR) is 172 cm³/mol. The Labute approximate surface area is 252 Å². The van der Waals surface area contributed by atoms with Crippen molar-refractivity contribution in [3.05, 3.63) is 112 Å². The van der Waals surface area contributed by atoms with Crippen LogP contribution in [0.1, 0.15) is 62.9 Å². The van der Waals surface area contributed by atoms with Crippen LogP contribution in [-0.4, -0.2) is 28.3 Å². The molecule has 0 heterocycles. The number of para-hydroxylation sites is 1. The molecular formula is C34H36ClN3O4. The Morgan fingerprint density at radius 2 is 1.76 bits per heavy atom. The fourth-order valence-corrected chi connectivity index (χ4v) is 4.57. The van der Waals surface area contributed by atoms with Crippen molar-refractivity contribution in [2.24, 2.45) is 5.10 Å². The summed E-state index contributed by atoms with van der Waals surface area (Å²) in [6.07, 6.45) is 6.64. The van der Waals surface area contributed by atoms with Crippen LogP contribution in [0.25, 0.3) is 11.1 Å². The molecule has 0 spiro atoms. The van der Waals surface area contributed by atoms with Crippen molar-refractivity contribution in [2.45, 2.75) is 47.0 Å². The number of aromatic carboxylic acids is 1. The summed E-state index contributed by atoms with van der Waals surface area (Å²) in [5.41, 5.74) is 8.23. The summed E-state index contributed by atoms with van der Waals surface area (Å²) in [7, 11) is 0. The molecule has 1 aliphatic carbocycles. The van der Waals surface area contributed by atoms with E-state index in [0.29, 0.717) is 51.3 Å². The van der Waals surface area contributed by atoms with Gasteiger partial charge in [-0.15, -0.1) is 0 Å². The highest BCUT2D eigenvalue weighted by Crippen LogP contribution is 2.36. The number of phenols is 1. The topological polar surface area (TPSA) is 102 Å². The largest absolute Gasteiger partial charge is 0.505 e. The third-order valence-corrected chi connectivity index (χ3v) is 6.86. The maximum Gasteiger partial charge on any atom is 0.335 e. The number of nitrogens with zero attached hydrogens (tertiary/aromatic N) is 2. The van der Waals surface area contributed by atoms with Crippen LogP contribution >= 0.6 is 11.6 Å². The first-order valence-electron chi connectivity index (χ1n) is 13.8. The predicted octanol–water partition coefficient (Wildman–Crippen LogP) is 8.69. The molecule has 0 radical (unpaired) electrons. The maximum atomic E-state index is 12.3. The highest BCUT2D eigenvalue weighted by Gasteiger charge is 2.19. The third kappa shape index (κ3) is 7.56. The number of carbonyl (C=O) groups excluding carboxylic acids is 1. The molecule has 0 atom stereocenters. The van der Waals surface area contributed by atoms with E-state index in [2.05, 4.69) is 24.4 Å². The lowest BCUT2D eigenvalue weighted by Crippen LogP contribution is -2.23. The summed E-state index contributed by atoms with van der Waals surface area (Å²) in [6, 6.07) is 19.3. The average molecular weight is 586 g/mol. The maximum absolute atomic E-state index is 12.3. The number of hydrogen-bond acceptors (Lipinski definition) is 5. The van der Waals surface area contributed by atoms with Gasteiger partial charge in [0, 0.05) is 21.9 Å². The molecule has 4 rings (SSSR count). The van der Waals surface area contributed by atoms with E-state index in [9.17, 15) is 19.8 Å². The zero-order valence-electron chi connectivity index (χ0n) is 24.4. The van der Waals surface area contributed by atoms with Gasteiger partial charge in [0.1, 0.15) is 5.75 Å². The molecule has 0 fully saturated rings. The standard InChI is InChI=1S/C32H30ClN3O4.C2H6/c1-20(2)22-13-15-26(16-14-22)36(19-37)30-18-25(33)9-5-10-27(30)21(3)34-35-29-12-6-11-28(31(29)38)23-7-4-8-24(17-23)32(39)40;1-2/h4-9,11-20,35,38H,10H2,1-3H3,(H,39,40);1-2H3/b34-21+;. The zero-order valence-corrected chi connectivity index (χ0v) is 25.2. The third-order valence-electron chi connectivity index (χ3n) is 6.62. The van der Waals surface area contributed by atoms with Crippen LogP contribution in [0.3, 0.4) is 0 Å². The van der Waals surface area contributed by atoms with Crippen molar-refractivity contribution in [1.82, 2.24) is 0 Å². The number of carbonyl (C=O) groups is 2. The van der Waals surface area contributed by atoms with Crippen molar-refractivity contribution >= 4 is 41.1 Å². The first-order valence-corrected chi connectivity index (χ1v) is 14.1. The molecule has 42 heavy (non-hydrogen) atoms. The number of halogens is 1.